The first-order valence-corrected chi connectivity index (χ1v) is 2.82. The van der Waals surface area contributed by atoms with E-state index >= 15 is 0 Å². The van der Waals surface area contributed by atoms with Crippen LogP contribution in [0.1, 0.15) is 6.92 Å². The van der Waals surface area contributed by atoms with Gasteiger partial charge in [-0.15, -0.1) is 0 Å². The third kappa shape index (κ3) is 5.68. The molecule has 0 heterocycles. The third-order valence-corrected chi connectivity index (χ3v) is 0.827. The second-order valence-electron chi connectivity index (χ2n) is 1.89. The van der Waals surface area contributed by atoms with Gasteiger partial charge in [0.15, 0.2) is 0 Å². The lowest BCUT2D eigenvalue weighted by molar-refractivity contribution is 0.0983. The molecule has 2 atom stereocenters. The van der Waals surface area contributed by atoms with Gasteiger partial charge in [-0.25, -0.2) is 4.39 Å². The van der Waals surface area contributed by atoms with E-state index in [0.717, 1.165) is 0 Å². The van der Waals surface area contributed by atoms with E-state index in [0.29, 0.717) is 0 Å². The van der Waals surface area contributed by atoms with Crippen molar-refractivity contribution in [2.24, 2.45) is 0 Å². The lowest BCUT2D eigenvalue weighted by Gasteiger charge is -2.09. The van der Waals surface area contributed by atoms with Crippen LogP contribution in [0.5, 0.6) is 0 Å². The highest BCUT2D eigenvalue weighted by Gasteiger charge is 2.02. The Balaban J connectivity index is 3.06. The number of halogens is 1. The fourth-order valence-corrected chi connectivity index (χ4v) is 0.361. The molecule has 0 radical (unpaired) electrons. The summed E-state index contributed by atoms with van der Waals surface area (Å²) >= 11 is 0. The summed E-state index contributed by atoms with van der Waals surface area (Å²) in [6.07, 6.45) is -1.69. The summed E-state index contributed by atoms with van der Waals surface area (Å²) in [5.41, 5.74) is 0. The normalized spacial score (nSPS) is 17.3. The van der Waals surface area contributed by atoms with Crippen LogP contribution in [-0.2, 0) is 0 Å². The Morgan fingerprint density at radius 2 is 2.11 bits per heavy atom. The van der Waals surface area contributed by atoms with Crippen LogP contribution in [0.3, 0.4) is 0 Å². The molecule has 0 amide bonds. The molecule has 0 bridgehead atoms. The predicted octanol–water partition coefficient (Wildman–Crippen LogP) is -0.755. The molecule has 9 heavy (non-hydrogen) atoms. The molecule has 0 saturated carbocycles. The van der Waals surface area contributed by atoms with Crippen molar-refractivity contribution < 1.29 is 14.6 Å². The third-order valence-electron chi connectivity index (χ3n) is 0.827. The van der Waals surface area contributed by atoms with Crippen LogP contribution in [-0.4, -0.2) is 35.8 Å². The van der Waals surface area contributed by atoms with Gasteiger partial charge in [-0.05, 0) is 6.92 Å². The fraction of sp³-hybridized carbons (Fsp3) is 1.00. The number of hydrogen-bond donors (Lipinski definition) is 3. The first-order valence-electron chi connectivity index (χ1n) is 2.82. The molecule has 0 aliphatic carbocycles. The van der Waals surface area contributed by atoms with Gasteiger partial charge in [0.05, 0.1) is 6.10 Å². The van der Waals surface area contributed by atoms with E-state index in [1.54, 1.807) is 0 Å². The Hall–Kier alpha value is -0.190. The highest BCUT2D eigenvalue weighted by Crippen LogP contribution is 1.81. The van der Waals surface area contributed by atoms with Crippen LogP contribution >= 0.6 is 0 Å². The monoisotopic (exact) mass is 137 g/mol. The molecule has 3 nitrogen and oxygen atoms in total. The van der Waals surface area contributed by atoms with Crippen LogP contribution in [0.4, 0.5) is 4.39 Å². The minimum Gasteiger partial charge on any atom is -0.389 e. The maximum absolute atomic E-state index is 11.5. The molecule has 0 aromatic carbocycles. The van der Waals surface area contributed by atoms with Crippen molar-refractivity contribution in [1.29, 1.82) is 0 Å². The largest absolute Gasteiger partial charge is 0.389 e. The highest BCUT2D eigenvalue weighted by atomic mass is 19.1. The number of aliphatic hydroxyl groups excluding tert-OH is 2. The van der Waals surface area contributed by atoms with Gasteiger partial charge < -0.3 is 10.2 Å². The van der Waals surface area contributed by atoms with Crippen molar-refractivity contribution >= 4 is 0 Å². The van der Waals surface area contributed by atoms with Crippen molar-refractivity contribution in [3.8, 4) is 0 Å². The Kier molecular flexibility index (Phi) is 4.57. The SMILES string of the molecule is CC(O)NCC(O)CF. The summed E-state index contributed by atoms with van der Waals surface area (Å²) in [5, 5.41) is 19.6. The first-order chi connectivity index (χ1) is 4.16. The zero-order valence-corrected chi connectivity index (χ0v) is 5.34. The summed E-state index contributed by atoms with van der Waals surface area (Å²) in [5.74, 6) is 0. The van der Waals surface area contributed by atoms with Crippen molar-refractivity contribution in [2.75, 3.05) is 13.2 Å². The lowest BCUT2D eigenvalue weighted by atomic mass is 10.4. The Bertz CT molecular complexity index is 70.0. The number of hydrogen-bond acceptors (Lipinski definition) is 3. The van der Waals surface area contributed by atoms with E-state index in [-0.39, 0.29) is 6.54 Å². The van der Waals surface area contributed by atoms with Crippen molar-refractivity contribution in [3.63, 3.8) is 0 Å². The van der Waals surface area contributed by atoms with Gasteiger partial charge in [-0.1, -0.05) is 0 Å². The topological polar surface area (TPSA) is 52.5 Å². The lowest BCUT2D eigenvalue weighted by Crippen LogP contribution is -2.34. The smallest absolute Gasteiger partial charge is 0.117 e. The molecule has 0 aromatic heterocycles. The molecular weight excluding hydrogens is 125 g/mol. The molecule has 0 spiro atoms. The van der Waals surface area contributed by atoms with Crippen LogP contribution < -0.4 is 5.32 Å². The Morgan fingerprint density at radius 1 is 1.56 bits per heavy atom. The molecule has 0 fully saturated rings. The van der Waals surface area contributed by atoms with Crippen molar-refractivity contribution in [1.82, 2.24) is 5.32 Å². The molecule has 0 aromatic rings. The van der Waals surface area contributed by atoms with E-state index < -0.39 is 19.0 Å². The molecular formula is C5H12FNO2. The van der Waals surface area contributed by atoms with Gasteiger partial charge in [0, 0.05) is 6.54 Å². The van der Waals surface area contributed by atoms with Crippen molar-refractivity contribution in [3.05, 3.63) is 0 Å². The number of alkyl halides is 1. The second kappa shape index (κ2) is 4.67. The number of aliphatic hydroxyl groups is 2. The van der Waals surface area contributed by atoms with E-state index in [9.17, 15) is 4.39 Å². The summed E-state index contributed by atoms with van der Waals surface area (Å²) in [4.78, 5) is 0. The summed E-state index contributed by atoms with van der Waals surface area (Å²) in [6.45, 7) is 0.818. The van der Waals surface area contributed by atoms with Gasteiger partial charge in [-0.2, -0.15) is 0 Å². The van der Waals surface area contributed by atoms with Gasteiger partial charge >= 0.3 is 0 Å². The number of nitrogens with one attached hydrogen (secondary N) is 1. The molecule has 0 rings (SSSR count). The van der Waals surface area contributed by atoms with E-state index in [1.165, 1.54) is 6.92 Å². The molecule has 4 heteroatoms. The minimum atomic E-state index is -1.00. The first kappa shape index (κ1) is 8.81. The maximum Gasteiger partial charge on any atom is 0.117 e. The van der Waals surface area contributed by atoms with Gasteiger partial charge in [0.25, 0.3) is 0 Å². The molecule has 0 aliphatic heterocycles. The molecule has 56 valence electrons. The van der Waals surface area contributed by atoms with E-state index in [2.05, 4.69) is 5.32 Å². The van der Waals surface area contributed by atoms with Crippen LogP contribution in [0.2, 0.25) is 0 Å². The summed E-state index contributed by atoms with van der Waals surface area (Å²) in [6, 6.07) is 0. The minimum absolute atomic E-state index is 0.0914. The van der Waals surface area contributed by atoms with Gasteiger partial charge in [-0.3, -0.25) is 5.32 Å². The van der Waals surface area contributed by atoms with Crippen LogP contribution in [0.25, 0.3) is 0 Å². The zero-order valence-electron chi connectivity index (χ0n) is 5.34. The van der Waals surface area contributed by atoms with Gasteiger partial charge in [0.2, 0.25) is 0 Å². The standard InChI is InChI=1S/C5H12FNO2/c1-4(8)7-3-5(9)2-6/h4-5,7-9H,2-3H2,1H3. The zero-order chi connectivity index (χ0) is 7.28. The molecule has 0 saturated heterocycles. The quantitative estimate of drug-likeness (QED) is 0.447. The highest BCUT2D eigenvalue weighted by molar-refractivity contribution is 4.56. The maximum atomic E-state index is 11.5. The molecule has 2 unspecified atom stereocenters. The predicted molar refractivity (Wildman–Crippen MR) is 31.7 cm³/mol. The molecule has 0 aliphatic rings. The average Bonchev–Trinajstić information content (AvgIpc) is 1.83. The Labute approximate surface area is 53.5 Å². The molecule has 3 N–H and O–H groups in total. The summed E-state index contributed by atoms with van der Waals surface area (Å²) in [7, 11) is 0. The van der Waals surface area contributed by atoms with Gasteiger partial charge in [0.1, 0.15) is 12.9 Å². The van der Waals surface area contributed by atoms with Crippen LogP contribution in [0.15, 0.2) is 0 Å². The summed E-state index contributed by atoms with van der Waals surface area (Å²) < 4.78 is 11.5. The van der Waals surface area contributed by atoms with E-state index in [1.807, 2.05) is 0 Å². The average molecular weight is 137 g/mol. The fourth-order valence-electron chi connectivity index (χ4n) is 0.361. The number of rotatable bonds is 4. The van der Waals surface area contributed by atoms with Crippen molar-refractivity contribution in [2.45, 2.75) is 19.3 Å². The Morgan fingerprint density at radius 3 is 2.44 bits per heavy atom. The van der Waals surface area contributed by atoms with E-state index in [4.69, 9.17) is 10.2 Å². The second-order valence-corrected chi connectivity index (χ2v) is 1.89. The van der Waals surface area contributed by atoms with Crippen LogP contribution in [0, 0.1) is 0 Å².